The summed E-state index contributed by atoms with van der Waals surface area (Å²) in [6.45, 7) is 4.00. The second kappa shape index (κ2) is 5.76. The molecule has 2 aromatic rings. The first-order valence-corrected chi connectivity index (χ1v) is 8.86. The third-order valence-electron chi connectivity index (χ3n) is 5.90. The van der Waals surface area contributed by atoms with Crippen molar-refractivity contribution in [3.05, 3.63) is 45.8 Å². The van der Waals surface area contributed by atoms with Gasteiger partial charge in [0, 0.05) is 12.1 Å². The molecule has 126 valence electrons. The van der Waals surface area contributed by atoms with Gasteiger partial charge in [0.2, 0.25) is 0 Å². The van der Waals surface area contributed by atoms with Crippen LogP contribution in [0.15, 0.2) is 33.5 Å². The SMILES string of the molecule is Cc1ccc2oc(C(=O)N[C@@H](C)[C@@H]3C[C@H]4CC[C@H]3C4)cc(=O)c2c1. The van der Waals surface area contributed by atoms with Crippen molar-refractivity contribution in [1.82, 2.24) is 5.32 Å². The van der Waals surface area contributed by atoms with Crippen LogP contribution in [0.25, 0.3) is 11.0 Å². The lowest BCUT2D eigenvalue weighted by molar-refractivity contribution is 0.0887. The Bertz CT molecular complexity index is 854. The van der Waals surface area contributed by atoms with Gasteiger partial charge in [-0.15, -0.1) is 0 Å². The van der Waals surface area contributed by atoms with Gasteiger partial charge < -0.3 is 9.73 Å². The molecule has 4 heteroatoms. The van der Waals surface area contributed by atoms with E-state index in [0.717, 1.165) is 17.4 Å². The molecule has 0 spiro atoms. The molecule has 1 N–H and O–H groups in total. The maximum atomic E-state index is 12.5. The van der Waals surface area contributed by atoms with Crippen molar-refractivity contribution in [3.8, 4) is 0 Å². The molecule has 2 fully saturated rings. The standard InChI is InChI=1S/C20H23NO3/c1-11-3-6-18-16(7-11)17(22)10-19(24-18)20(23)21-12(2)15-9-13-4-5-14(15)8-13/h3,6-7,10,12-15H,4-5,8-9H2,1-2H3,(H,21,23)/t12-,13-,14-,15-/m0/s1. The Morgan fingerprint density at radius 1 is 1.25 bits per heavy atom. The van der Waals surface area contributed by atoms with Crippen molar-refractivity contribution in [2.24, 2.45) is 17.8 Å². The van der Waals surface area contributed by atoms with Gasteiger partial charge in [0.25, 0.3) is 5.91 Å². The normalized spacial score (nSPS) is 26.7. The lowest BCUT2D eigenvalue weighted by Gasteiger charge is -2.28. The Kier molecular flexibility index (Phi) is 3.70. The van der Waals surface area contributed by atoms with Crippen LogP contribution in [-0.2, 0) is 0 Å². The zero-order chi connectivity index (χ0) is 16.8. The number of carbonyl (C=O) groups excluding carboxylic acids is 1. The summed E-state index contributed by atoms with van der Waals surface area (Å²) in [6.07, 6.45) is 5.17. The Labute approximate surface area is 141 Å². The molecule has 4 rings (SSSR count). The lowest BCUT2D eigenvalue weighted by Crippen LogP contribution is -2.40. The number of fused-ring (bicyclic) bond motifs is 3. The van der Waals surface area contributed by atoms with Crippen LogP contribution in [0.4, 0.5) is 0 Å². The fourth-order valence-corrected chi connectivity index (χ4v) is 4.67. The summed E-state index contributed by atoms with van der Waals surface area (Å²) in [4.78, 5) is 24.8. The second-order valence-corrected chi connectivity index (χ2v) is 7.58. The van der Waals surface area contributed by atoms with E-state index in [9.17, 15) is 9.59 Å². The monoisotopic (exact) mass is 325 g/mol. The largest absolute Gasteiger partial charge is 0.451 e. The summed E-state index contributed by atoms with van der Waals surface area (Å²) in [5.74, 6) is 1.97. The summed E-state index contributed by atoms with van der Waals surface area (Å²) in [6, 6.07) is 6.85. The molecule has 1 aromatic heterocycles. The topological polar surface area (TPSA) is 59.3 Å². The smallest absolute Gasteiger partial charge is 0.287 e. The van der Waals surface area contributed by atoms with Gasteiger partial charge in [-0.1, -0.05) is 18.1 Å². The molecule has 4 atom stereocenters. The van der Waals surface area contributed by atoms with Crippen LogP contribution < -0.4 is 10.7 Å². The van der Waals surface area contributed by atoms with Gasteiger partial charge in [0.1, 0.15) is 5.58 Å². The summed E-state index contributed by atoms with van der Waals surface area (Å²) in [7, 11) is 0. The predicted octanol–water partition coefficient (Wildman–Crippen LogP) is 3.66. The number of benzene rings is 1. The highest BCUT2D eigenvalue weighted by Gasteiger charge is 2.42. The van der Waals surface area contributed by atoms with E-state index in [0.29, 0.717) is 16.9 Å². The summed E-state index contributed by atoms with van der Waals surface area (Å²) in [5, 5.41) is 3.58. The quantitative estimate of drug-likeness (QED) is 0.937. The van der Waals surface area contributed by atoms with E-state index < -0.39 is 0 Å². The average Bonchev–Trinajstić information content (AvgIpc) is 3.18. The Morgan fingerprint density at radius 3 is 2.79 bits per heavy atom. The molecule has 1 heterocycles. The molecule has 2 saturated carbocycles. The number of nitrogens with one attached hydrogen (secondary N) is 1. The molecule has 2 bridgehead atoms. The van der Waals surface area contributed by atoms with Gasteiger partial charge >= 0.3 is 0 Å². The first kappa shape index (κ1) is 15.4. The Morgan fingerprint density at radius 2 is 2.08 bits per heavy atom. The minimum Gasteiger partial charge on any atom is -0.451 e. The van der Waals surface area contributed by atoms with Crippen LogP contribution in [0, 0.1) is 24.7 Å². The number of rotatable bonds is 3. The van der Waals surface area contributed by atoms with E-state index in [1.807, 2.05) is 13.0 Å². The zero-order valence-electron chi connectivity index (χ0n) is 14.2. The van der Waals surface area contributed by atoms with E-state index in [1.165, 1.54) is 31.7 Å². The van der Waals surface area contributed by atoms with E-state index in [4.69, 9.17) is 4.42 Å². The highest BCUT2D eigenvalue weighted by molar-refractivity contribution is 5.93. The molecular weight excluding hydrogens is 302 g/mol. The lowest BCUT2D eigenvalue weighted by atomic mass is 9.84. The number of hydrogen-bond donors (Lipinski definition) is 1. The van der Waals surface area contributed by atoms with E-state index in [-0.39, 0.29) is 23.1 Å². The Balaban J connectivity index is 1.55. The van der Waals surface area contributed by atoms with E-state index in [1.54, 1.807) is 12.1 Å². The summed E-state index contributed by atoms with van der Waals surface area (Å²) >= 11 is 0. The van der Waals surface area contributed by atoms with Crippen molar-refractivity contribution in [2.75, 3.05) is 0 Å². The molecule has 2 aliphatic rings. The molecule has 0 unspecified atom stereocenters. The van der Waals surface area contributed by atoms with Crippen molar-refractivity contribution >= 4 is 16.9 Å². The third-order valence-corrected chi connectivity index (χ3v) is 5.90. The fourth-order valence-electron chi connectivity index (χ4n) is 4.67. The van der Waals surface area contributed by atoms with Crippen LogP contribution in [0.2, 0.25) is 0 Å². The first-order chi connectivity index (χ1) is 11.5. The van der Waals surface area contributed by atoms with E-state index >= 15 is 0 Å². The van der Waals surface area contributed by atoms with E-state index in [2.05, 4.69) is 12.2 Å². The fraction of sp³-hybridized carbons (Fsp3) is 0.500. The maximum Gasteiger partial charge on any atom is 0.287 e. The average molecular weight is 325 g/mol. The van der Waals surface area contributed by atoms with Gasteiger partial charge in [-0.3, -0.25) is 9.59 Å². The number of amides is 1. The summed E-state index contributed by atoms with van der Waals surface area (Å²) < 4.78 is 5.67. The van der Waals surface area contributed by atoms with Crippen LogP contribution in [0.5, 0.6) is 0 Å². The molecule has 0 radical (unpaired) electrons. The van der Waals surface area contributed by atoms with Crippen molar-refractivity contribution in [1.29, 1.82) is 0 Å². The van der Waals surface area contributed by atoms with Crippen LogP contribution in [-0.4, -0.2) is 11.9 Å². The van der Waals surface area contributed by atoms with Gasteiger partial charge in [-0.2, -0.15) is 0 Å². The van der Waals surface area contributed by atoms with Gasteiger partial charge in [-0.25, -0.2) is 0 Å². The summed E-state index contributed by atoms with van der Waals surface area (Å²) in [5.41, 5.74) is 1.29. The van der Waals surface area contributed by atoms with Crippen molar-refractivity contribution < 1.29 is 9.21 Å². The minimum atomic E-state index is -0.287. The minimum absolute atomic E-state index is 0.103. The van der Waals surface area contributed by atoms with Crippen LogP contribution in [0.1, 0.15) is 48.7 Å². The second-order valence-electron chi connectivity index (χ2n) is 7.58. The maximum absolute atomic E-state index is 12.5. The molecule has 1 amide bonds. The van der Waals surface area contributed by atoms with Crippen LogP contribution in [0.3, 0.4) is 0 Å². The van der Waals surface area contributed by atoms with Gasteiger partial charge in [-0.05, 0) is 63.0 Å². The molecule has 4 nitrogen and oxygen atoms in total. The number of aryl methyl sites for hydroxylation is 1. The van der Waals surface area contributed by atoms with Crippen molar-refractivity contribution in [2.45, 2.75) is 45.6 Å². The highest BCUT2D eigenvalue weighted by Crippen LogP contribution is 2.49. The highest BCUT2D eigenvalue weighted by atomic mass is 16.3. The predicted molar refractivity (Wildman–Crippen MR) is 93.1 cm³/mol. The van der Waals surface area contributed by atoms with Gasteiger partial charge in [0.05, 0.1) is 5.39 Å². The molecule has 2 aliphatic carbocycles. The van der Waals surface area contributed by atoms with Gasteiger partial charge in [0.15, 0.2) is 11.2 Å². The molecule has 1 aromatic carbocycles. The molecule has 24 heavy (non-hydrogen) atoms. The number of hydrogen-bond acceptors (Lipinski definition) is 3. The Hall–Kier alpha value is -2.10. The van der Waals surface area contributed by atoms with Crippen LogP contribution >= 0.6 is 0 Å². The zero-order valence-corrected chi connectivity index (χ0v) is 14.2. The number of carbonyl (C=O) groups is 1. The molecule has 0 saturated heterocycles. The third kappa shape index (κ3) is 2.64. The first-order valence-electron chi connectivity index (χ1n) is 8.86. The van der Waals surface area contributed by atoms with Crippen molar-refractivity contribution in [3.63, 3.8) is 0 Å². The molecule has 0 aliphatic heterocycles. The molecular formula is C20H23NO3.